The average molecular weight is 356 g/mol. The molecule has 0 fully saturated rings. The zero-order valence-corrected chi connectivity index (χ0v) is 14.3. The number of amides is 1. The molecule has 1 N–H and O–H groups in total. The minimum atomic E-state index is -0.408. The molecule has 0 spiro atoms. The summed E-state index contributed by atoms with van der Waals surface area (Å²) in [6, 6.07) is 10.6. The van der Waals surface area contributed by atoms with Crippen molar-refractivity contribution in [2.24, 2.45) is 0 Å². The first-order valence-corrected chi connectivity index (χ1v) is 8.48. The maximum atomic E-state index is 12.2. The lowest BCUT2D eigenvalue weighted by Gasteiger charge is -2.10. The van der Waals surface area contributed by atoms with E-state index in [-0.39, 0.29) is 11.2 Å². The van der Waals surface area contributed by atoms with E-state index in [4.69, 9.17) is 11.6 Å². The van der Waals surface area contributed by atoms with Crippen LogP contribution in [-0.4, -0.2) is 24.2 Å². The number of carbonyl (C=O) groups is 2. The molecule has 0 bridgehead atoms. The fourth-order valence-electron chi connectivity index (χ4n) is 1.61. The Morgan fingerprint density at radius 2 is 1.91 bits per heavy atom. The second-order valence-corrected chi connectivity index (χ2v) is 7.29. The van der Waals surface area contributed by atoms with Crippen molar-refractivity contribution in [3.05, 3.63) is 46.3 Å². The molecule has 0 saturated carbocycles. The topological polar surface area (TPSA) is 55.4 Å². The smallest absolute Gasteiger partial charge is 0.348 e. The SMILES string of the molecule is COC(=O)c1ccc(NC(=O)[C@H](C)Sc2ccc(Cl)cc2)s1. The predicted octanol–water partition coefficient (Wildman–Crippen LogP) is 4.31. The van der Waals surface area contributed by atoms with Crippen molar-refractivity contribution < 1.29 is 14.3 Å². The highest BCUT2D eigenvalue weighted by molar-refractivity contribution is 8.00. The van der Waals surface area contributed by atoms with E-state index in [0.717, 1.165) is 4.90 Å². The molecule has 0 saturated heterocycles. The van der Waals surface area contributed by atoms with E-state index in [2.05, 4.69) is 10.1 Å². The van der Waals surface area contributed by atoms with Gasteiger partial charge in [-0.15, -0.1) is 23.1 Å². The van der Waals surface area contributed by atoms with Gasteiger partial charge in [-0.3, -0.25) is 4.79 Å². The Morgan fingerprint density at radius 1 is 1.23 bits per heavy atom. The summed E-state index contributed by atoms with van der Waals surface area (Å²) in [5, 5.41) is 3.81. The summed E-state index contributed by atoms with van der Waals surface area (Å²) >= 11 is 8.46. The van der Waals surface area contributed by atoms with Crippen molar-refractivity contribution >= 4 is 51.6 Å². The van der Waals surface area contributed by atoms with Crippen LogP contribution in [0, 0.1) is 0 Å². The highest BCUT2D eigenvalue weighted by Gasteiger charge is 2.16. The van der Waals surface area contributed by atoms with Gasteiger partial charge in [0.15, 0.2) is 0 Å². The van der Waals surface area contributed by atoms with E-state index in [1.165, 1.54) is 30.2 Å². The largest absolute Gasteiger partial charge is 0.465 e. The minimum absolute atomic E-state index is 0.127. The molecule has 0 radical (unpaired) electrons. The number of ether oxygens (including phenoxy) is 1. The van der Waals surface area contributed by atoms with Crippen molar-refractivity contribution in [1.29, 1.82) is 0 Å². The third kappa shape index (κ3) is 4.50. The lowest BCUT2D eigenvalue weighted by atomic mass is 10.4. The first-order valence-electron chi connectivity index (χ1n) is 6.41. The molecule has 0 unspecified atom stereocenters. The van der Waals surface area contributed by atoms with Crippen LogP contribution in [-0.2, 0) is 9.53 Å². The van der Waals surface area contributed by atoms with Gasteiger partial charge in [-0.1, -0.05) is 11.6 Å². The normalized spacial score (nSPS) is 11.8. The maximum absolute atomic E-state index is 12.2. The number of carbonyl (C=O) groups excluding carboxylic acids is 2. The lowest BCUT2D eigenvalue weighted by molar-refractivity contribution is -0.115. The Hall–Kier alpha value is -1.50. The highest BCUT2D eigenvalue weighted by atomic mass is 35.5. The fraction of sp³-hybridized carbons (Fsp3) is 0.200. The zero-order chi connectivity index (χ0) is 16.1. The number of nitrogens with one attached hydrogen (secondary N) is 1. The quantitative estimate of drug-likeness (QED) is 0.641. The van der Waals surface area contributed by atoms with E-state index >= 15 is 0 Å². The van der Waals surface area contributed by atoms with E-state index < -0.39 is 5.97 Å². The van der Waals surface area contributed by atoms with Gasteiger partial charge in [0.1, 0.15) is 4.88 Å². The number of thioether (sulfide) groups is 1. The van der Waals surface area contributed by atoms with Gasteiger partial charge < -0.3 is 10.1 Å². The molecule has 2 aromatic rings. The molecule has 1 heterocycles. The van der Waals surface area contributed by atoms with Crippen LogP contribution in [0.5, 0.6) is 0 Å². The van der Waals surface area contributed by atoms with Crippen LogP contribution in [0.4, 0.5) is 5.00 Å². The number of benzene rings is 1. The van der Waals surface area contributed by atoms with E-state index in [1.54, 1.807) is 24.3 Å². The molecule has 1 aromatic heterocycles. The third-order valence-electron chi connectivity index (χ3n) is 2.73. The summed E-state index contributed by atoms with van der Waals surface area (Å²) in [6.07, 6.45) is 0. The molecule has 0 aliphatic heterocycles. The molecular formula is C15H14ClNO3S2. The third-order valence-corrected chi connectivity index (χ3v) is 5.08. The van der Waals surface area contributed by atoms with Crippen LogP contribution in [0.25, 0.3) is 0 Å². The predicted molar refractivity (Wildman–Crippen MR) is 91.1 cm³/mol. The molecule has 1 aromatic carbocycles. The number of esters is 1. The van der Waals surface area contributed by atoms with Gasteiger partial charge in [0.05, 0.1) is 17.4 Å². The molecule has 22 heavy (non-hydrogen) atoms. The van der Waals surface area contributed by atoms with Crippen molar-refractivity contribution in [3.8, 4) is 0 Å². The zero-order valence-electron chi connectivity index (χ0n) is 12.0. The summed E-state index contributed by atoms with van der Waals surface area (Å²) < 4.78 is 4.63. The first kappa shape index (κ1) is 16.9. The van der Waals surface area contributed by atoms with E-state index in [9.17, 15) is 9.59 Å². The number of hydrogen-bond donors (Lipinski definition) is 1. The Bertz CT molecular complexity index is 670. The summed E-state index contributed by atoms with van der Waals surface area (Å²) in [5.41, 5.74) is 0. The number of rotatable bonds is 5. The number of halogens is 1. The van der Waals surface area contributed by atoms with Gasteiger partial charge in [-0.25, -0.2) is 4.79 Å². The number of anilines is 1. The maximum Gasteiger partial charge on any atom is 0.348 e. The molecule has 2 rings (SSSR count). The van der Waals surface area contributed by atoms with Crippen molar-refractivity contribution in [2.75, 3.05) is 12.4 Å². The van der Waals surface area contributed by atoms with Crippen LogP contribution < -0.4 is 5.32 Å². The molecular weight excluding hydrogens is 342 g/mol. The Balaban J connectivity index is 1.94. The van der Waals surface area contributed by atoms with Gasteiger partial charge >= 0.3 is 5.97 Å². The standard InChI is InChI=1S/C15H14ClNO3S2/c1-9(21-11-5-3-10(16)4-6-11)14(18)17-13-8-7-12(22-13)15(19)20-2/h3-9H,1-2H3,(H,17,18)/t9-/m0/s1. The van der Waals surface area contributed by atoms with Crippen LogP contribution in [0.1, 0.15) is 16.6 Å². The summed E-state index contributed by atoms with van der Waals surface area (Å²) in [4.78, 5) is 25.0. The second kappa shape index (κ2) is 7.67. The van der Waals surface area contributed by atoms with Crippen LogP contribution in [0.2, 0.25) is 5.02 Å². The van der Waals surface area contributed by atoms with Gasteiger partial charge in [-0.2, -0.15) is 0 Å². The molecule has 1 atom stereocenters. The number of methoxy groups -OCH3 is 1. The fourth-order valence-corrected chi connectivity index (χ4v) is 3.43. The van der Waals surface area contributed by atoms with Gasteiger partial charge in [0, 0.05) is 9.92 Å². The lowest BCUT2D eigenvalue weighted by Crippen LogP contribution is -2.21. The molecule has 4 nitrogen and oxygen atoms in total. The first-order chi connectivity index (χ1) is 10.5. The average Bonchev–Trinajstić information content (AvgIpc) is 2.97. The van der Waals surface area contributed by atoms with E-state index in [0.29, 0.717) is 14.9 Å². The highest BCUT2D eigenvalue weighted by Crippen LogP contribution is 2.27. The molecule has 116 valence electrons. The Kier molecular flexibility index (Phi) is 5.88. The number of thiophene rings is 1. The molecule has 0 aliphatic rings. The van der Waals surface area contributed by atoms with Crippen molar-refractivity contribution in [3.63, 3.8) is 0 Å². The Morgan fingerprint density at radius 3 is 2.55 bits per heavy atom. The van der Waals surface area contributed by atoms with Crippen molar-refractivity contribution in [2.45, 2.75) is 17.1 Å². The number of hydrogen-bond acceptors (Lipinski definition) is 5. The van der Waals surface area contributed by atoms with Crippen LogP contribution in [0.3, 0.4) is 0 Å². The van der Waals surface area contributed by atoms with E-state index in [1.807, 2.05) is 19.1 Å². The monoisotopic (exact) mass is 355 g/mol. The minimum Gasteiger partial charge on any atom is -0.465 e. The summed E-state index contributed by atoms with van der Waals surface area (Å²) in [6.45, 7) is 1.82. The van der Waals surface area contributed by atoms with Crippen LogP contribution >= 0.6 is 34.7 Å². The Labute approximate surface area is 141 Å². The molecule has 0 aliphatic carbocycles. The van der Waals surface area contributed by atoms with Gasteiger partial charge in [0.2, 0.25) is 5.91 Å². The van der Waals surface area contributed by atoms with Crippen molar-refractivity contribution in [1.82, 2.24) is 0 Å². The van der Waals surface area contributed by atoms with Gasteiger partial charge in [0.25, 0.3) is 0 Å². The molecule has 7 heteroatoms. The molecule has 1 amide bonds. The van der Waals surface area contributed by atoms with Gasteiger partial charge in [-0.05, 0) is 43.3 Å². The summed E-state index contributed by atoms with van der Waals surface area (Å²) in [5.74, 6) is -0.535. The second-order valence-electron chi connectivity index (χ2n) is 4.36. The summed E-state index contributed by atoms with van der Waals surface area (Å²) in [7, 11) is 1.32. The van der Waals surface area contributed by atoms with Crippen LogP contribution in [0.15, 0.2) is 41.3 Å².